The number of carboxylic acids is 1. The van der Waals surface area contributed by atoms with Crippen molar-refractivity contribution in [2.75, 3.05) is 0 Å². The van der Waals surface area contributed by atoms with Gasteiger partial charge < -0.3 is 15.3 Å². The van der Waals surface area contributed by atoms with Crippen molar-refractivity contribution in [3.63, 3.8) is 0 Å². The number of aromatic hydroxyl groups is 2. The number of hydrogen-bond donors (Lipinski definition) is 3. The fourth-order valence-corrected chi connectivity index (χ4v) is 1.36. The van der Waals surface area contributed by atoms with Crippen molar-refractivity contribution in [1.82, 2.24) is 10.3 Å². The normalized spacial score (nSPS) is 10.4. The minimum atomic E-state index is -1.06. The number of aromatic nitrogens is 2. The van der Waals surface area contributed by atoms with Crippen LogP contribution >= 0.6 is 0 Å². The van der Waals surface area contributed by atoms with Crippen molar-refractivity contribution >= 4 is 5.97 Å². The van der Waals surface area contributed by atoms with Gasteiger partial charge in [0.15, 0.2) is 11.5 Å². The second-order valence-electron chi connectivity index (χ2n) is 3.33. The Balaban J connectivity index is 2.42. The molecule has 0 spiro atoms. The highest BCUT2D eigenvalue weighted by Crippen LogP contribution is 2.30. The van der Waals surface area contributed by atoms with Gasteiger partial charge in [0.05, 0.1) is 6.42 Å². The molecule has 0 saturated heterocycles. The summed E-state index contributed by atoms with van der Waals surface area (Å²) in [6.07, 6.45) is -0.333. The first-order valence-corrected chi connectivity index (χ1v) is 4.63. The van der Waals surface area contributed by atoms with Crippen LogP contribution in [0.2, 0.25) is 0 Å². The van der Waals surface area contributed by atoms with Crippen LogP contribution in [0.5, 0.6) is 11.5 Å². The van der Waals surface area contributed by atoms with E-state index in [4.69, 9.17) is 10.2 Å². The van der Waals surface area contributed by atoms with Crippen molar-refractivity contribution < 1.29 is 24.7 Å². The largest absolute Gasteiger partial charge is 0.504 e. The Bertz CT molecular complexity index is 564. The highest BCUT2D eigenvalue weighted by molar-refractivity contribution is 5.74. The summed E-state index contributed by atoms with van der Waals surface area (Å²) in [5, 5.41) is 34.2. The molecule has 7 heteroatoms. The monoisotopic (exact) mass is 236 g/mol. The molecule has 0 aliphatic rings. The fourth-order valence-electron chi connectivity index (χ4n) is 1.36. The lowest BCUT2D eigenvalue weighted by molar-refractivity contribution is -0.136. The molecule has 17 heavy (non-hydrogen) atoms. The van der Waals surface area contributed by atoms with Crippen LogP contribution in [0.3, 0.4) is 0 Å². The first-order valence-electron chi connectivity index (χ1n) is 4.63. The van der Waals surface area contributed by atoms with Gasteiger partial charge in [0.2, 0.25) is 0 Å². The smallest absolute Gasteiger partial charge is 0.309 e. The molecule has 3 N–H and O–H groups in total. The summed E-state index contributed by atoms with van der Waals surface area (Å²) >= 11 is 0. The van der Waals surface area contributed by atoms with Crippen LogP contribution in [0, 0.1) is 0 Å². The molecule has 1 aromatic heterocycles. The number of rotatable bonds is 3. The number of hydrogen-bond acceptors (Lipinski definition) is 6. The van der Waals surface area contributed by atoms with E-state index in [1.54, 1.807) is 0 Å². The van der Waals surface area contributed by atoms with Gasteiger partial charge in [-0.1, -0.05) is 5.16 Å². The van der Waals surface area contributed by atoms with Crippen LogP contribution < -0.4 is 0 Å². The van der Waals surface area contributed by atoms with E-state index in [1.165, 1.54) is 18.2 Å². The van der Waals surface area contributed by atoms with E-state index >= 15 is 0 Å². The van der Waals surface area contributed by atoms with E-state index in [1.807, 2.05) is 0 Å². The van der Waals surface area contributed by atoms with Crippen LogP contribution in [0.1, 0.15) is 5.69 Å². The molecule has 7 nitrogen and oxygen atoms in total. The average Bonchev–Trinajstić information content (AvgIpc) is 2.69. The van der Waals surface area contributed by atoms with Gasteiger partial charge in [0.25, 0.3) is 0 Å². The minimum absolute atomic E-state index is 0.155. The molecule has 0 aliphatic heterocycles. The van der Waals surface area contributed by atoms with Crippen LogP contribution in [0.15, 0.2) is 22.8 Å². The standard InChI is InChI=1S/C10H8N2O5/c13-7-2-1-5(3-8(7)14)10-6(4-9(15)16)11-17-12-10/h1-3,13-14H,4H2,(H,15,16). The Hall–Kier alpha value is -2.57. The molecule has 0 radical (unpaired) electrons. The molecule has 0 saturated carbocycles. The molecule has 88 valence electrons. The number of nitrogens with zero attached hydrogens (tertiary/aromatic N) is 2. The summed E-state index contributed by atoms with van der Waals surface area (Å²) in [6, 6.07) is 3.99. The van der Waals surface area contributed by atoms with Gasteiger partial charge in [-0.3, -0.25) is 4.79 Å². The quantitative estimate of drug-likeness (QED) is 0.674. The minimum Gasteiger partial charge on any atom is -0.504 e. The van der Waals surface area contributed by atoms with Gasteiger partial charge in [0, 0.05) is 5.56 Å². The lowest BCUT2D eigenvalue weighted by Crippen LogP contribution is -2.01. The molecule has 0 amide bonds. The van der Waals surface area contributed by atoms with E-state index in [9.17, 15) is 9.90 Å². The molecule has 2 rings (SSSR count). The highest BCUT2D eigenvalue weighted by atomic mass is 16.6. The summed E-state index contributed by atoms with van der Waals surface area (Å²) in [7, 11) is 0. The highest BCUT2D eigenvalue weighted by Gasteiger charge is 2.16. The topological polar surface area (TPSA) is 117 Å². The van der Waals surface area contributed by atoms with Crippen LogP contribution in [-0.4, -0.2) is 31.6 Å². The second-order valence-corrected chi connectivity index (χ2v) is 3.33. The van der Waals surface area contributed by atoms with E-state index in [2.05, 4.69) is 14.9 Å². The summed E-state index contributed by atoms with van der Waals surface area (Å²) in [5.74, 6) is -1.67. The number of phenolic OH excluding ortho intramolecular Hbond substituents is 2. The molecule has 0 aliphatic carbocycles. The zero-order chi connectivity index (χ0) is 12.4. The van der Waals surface area contributed by atoms with Gasteiger partial charge in [-0.2, -0.15) is 0 Å². The first kappa shape index (κ1) is 10.9. The summed E-state index contributed by atoms with van der Waals surface area (Å²) in [4.78, 5) is 10.6. The molecule has 1 aromatic carbocycles. The number of benzene rings is 1. The Kier molecular flexibility index (Phi) is 2.65. The van der Waals surface area contributed by atoms with Crippen LogP contribution in [0.4, 0.5) is 0 Å². The van der Waals surface area contributed by atoms with E-state index in [0.29, 0.717) is 5.56 Å². The zero-order valence-electron chi connectivity index (χ0n) is 8.49. The molecule has 0 unspecified atom stereocenters. The Labute approximate surface area is 94.9 Å². The lowest BCUT2D eigenvalue weighted by Gasteiger charge is -2.00. The summed E-state index contributed by atoms with van der Waals surface area (Å²) in [5.41, 5.74) is 0.795. The van der Waals surface area contributed by atoms with Crippen LogP contribution in [-0.2, 0) is 11.2 Å². The number of carbonyl (C=O) groups is 1. The van der Waals surface area contributed by atoms with Gasteiger partial charge in [0.1, 0.15) is 11.4 Å². The van der Waals surface area contributed by atoms with Crippen LogP contribution in [0.25, 0.3) is 11.3 Å². The van der Waals surface area contributed by atoms with Crippen molar-refractivity contribution in [1.29, 1.82) is 0 Å². The molecule has 0 fully saturated rings. The van der Waals surface area contributed by atoms with Gasteiger partial charge in [-0.15, -0.1) is 0 Å². The predicted octanol–water partition coefficient (Wildman–Crippen LogP) is 0.775. The molecule has 0 bridgehead atoms. The predicted molar refractivity (Wildman–Crippen MR) is 54.4 cm³/mol. The molecule has 1 heterocycles. The zero-order valence-corrected chi connectivity index (χ0v) is 8.49. The van der Waals surface area contributed by atoms with Crippen molar-refractivity contribution in [3.8, 4) is 22.8 Å². The number of aliphatic carboxylic acids is 1. The number of phenols is 2. The maximum Gasteiger partial charge on any atom is 0.309 e. The fraction of sp³-hybridized carbons (Fsp3) is 0.100. The van der Waals surface area contributed by atoms with Gasteiger partial charge >= 0.3 is 5.97 Å². The van der Waals surface area contributed by atoms with Crippen molar-refractivity contribution in [3.05, 3.63) is 23.9 Å². The van der Waals surface area contributed by atoms with Gasteiger partial charge in [-0.05, 0) is 23.4 Å². The number of carboxylic acid groups (broad SMARTS) is 1. The van der Waals surface area contributed by atoms with E-state index < -0.39 is 5.97 Å². The second kappa shape index (κ2) is 4.12. The van der Waals surface area contributed by atoms with Crippen molar-refractivity contribution in [2.45, 2.75) is 6.42 Å². The summed E-state index contributed by atoms with van der Waals surface area (Å²) in [6.45, 7) is 0. The Morgan fingerprint density at radius 3 is 2.65 bits per heavy atom. The third kappa shape index (κ3) is 2.17. The van der Waals surface area contributed by atoms with Crippen molar-refractivity contribution in [2.24, 2.45) is 0 Å². The maximum absolute atomic E-state index is 10.6. The Morgan fingerprint density at radius 1 is 1.24 bits per heavy atom. The first-order chi connectivity index (χ1) is 8.08. The lowest BCUT2D eigenvalue weighted by atomic mass is 10.1. The SMILES string of the molecule is O=C(O)Cc1nonc1-c1ccc(O)c(O)c1. The third-order valence-corrected chi connectivity index (χ3v) is 2.12. The van der Waals surface area contributed by atoms with E-state index in [-0.39, 0.29) is 29.3 Å². The molecular weight excluding hydrogens is 228 g/mol. The third-order valence-electron chi connectivity index (χ3n) is 2.12. The average molecular weight is 236 g/mol. The molecule has 0 atom stereocenters. The Morgan fingerprint density at radius 2 is 2.00 bits per heavy atom. The maximum atomic E-state index is 10.6. The van der Waals surface area contributed by atoms with Gasteiger partial charge in [-0.25, -0.2) is 4.63 Å². The summed E-state index contributed by atoms with van der Waals surface area (Å²) < 4.78 is 4.46. The molecule has 2 aromatic rings. The molecular formula is C10H8N2O5. The van der Waals surface area contributed by atoms with E-state index in [0.717, 1.165) is 0 Å².